The van der Waals surface area contributed by atoms with Crippen LogP contribution in [0.3, 0.4) is 0 Å². The summed E-state index contributed by atoms with van der Waals surface area (Å²) < 4.78 is 62.2. The van der Waals surface area contributed by atoms with Crippen molar-refractivity contribution in [1.82, 2.24) is 0 Å². The van der Waals surface area contributed by atoms with Crippen LogP contribution in [0.1, 0.15) is 109 Å². The summed E-state index contributed by atoms with van der Waals surface area (Å²) in [5.41, 5.74) is -1.51. The minimum absolute atomic E-state index is 0.0455. The minimum Gasteiger partial charge on any atom is -0.465 e. The van der Waals surface area contributed by atoms with Gasteiger partial charge in [0.1, 0.15) is 48.1 Å². The minimum atomic E-state index is -1.06. The van der Waals surface area contributed by atoms with Gasteiger partial charge in [-0.3, -0.25) is 19.2 Å². The molecule has 0 N–H and O–H groups in total. The van der Waals surface area contributed by atoms with E-state index in [2.05, 4.69) is 39.0 Å². The van der Waals surface area contributed by atoms with Gasteiger partial charge >= 0.3 is 59.7 Å². The number of esters is 10. The molecule has 9 aliphatic rings. The summed E-state index contributed by atoms with van der Waals surface area (Å²) in [7, 11) is 0. The van der Waals surface area contributed by atoms with Crippen molar-refractivity contribution in [3.63, 3.8) is 0 Å². The lowest BCUT2D eigenvalue weighted by Gasteiger charge is -2.31. The fourth-order valence-electron chi connectivity index (χ4n) is 10.7. The van der Waals surface area contributed by atoms with Crippen LogP contribution >= 0.6 is 0 Å². The monoisotopic (exact) mass is 1150 g/mol. The first-order valence-corrected chi connectivity index (χ1v) is 27.0. The molecule has 0 aromatic heterocycles. The van der Waals surface area contributed by atoms with E-state index in [0.29, 0.717) is 61.4 Å². The SMILES string of the molecule is C=C(C)C(=O)OC1(C)C(C)COC1C.C=C(C)C(=O)OC1(C)CC(=O)OC1C.C=C(C)C(=O)OC1CC2OC1C1COC(=O)C21.C=C(C)C(=O)OCC(=O)OC1C2CC3C1OC(=O)C3(C#N)C2.C=C(C)C(=O)OCC1(C)C(=O)OCC1C. The Morgan fingerprint density at radius 1 is 0.659 bits per heavy atom. The summed E-state index contributed by atoms with van der Waals surface area (Å²) in [4.78, 5) is 114. The van der Waals surface area contributed by atoms with Gasteiger partial charge < -0.3 is 56.8 Å². The van der Waals surface area contributed by atoms with Crippen molar-refractivity contribution >= 4 is 59.7 Å². The highest BCUT2D eigenvalue weighted by Gasteiger charge is 2.72. The fraction of sp³-hybridized carbons (Fsp3) is 0.644. The number of rotatable bonds is 13. The Labute approximate surface area is 477 Å². The topological polar surface area (TPSA) is 305 Å². The molecule has 7 aliphatic heterocycles. The maximum atomic E-state index is 11.9. The number of hydrogen-bond donors (Lipinski definition) is 0. The van der Waals surface area contributed by atoms with E-state index in [4.69, 9.17) is 56.8 Å². The number of nitriles is 1. The summed E-state index contributed by atoms with van der Waals surface area (Å²) in [6.45, 7) is 39.2. The van der Waals surface area contributed by atoms with Crippen molar-refractivity contribution in [1.29, 1.82) is 5.26 Å². The van der Waals surface area contributed by atoms with Crippen molar-refractivity contribution < 1.29 is 105 Å². The Balaban J connectivity index is 0.000000190. The number of fused-ring (bicyclic) bond motifs is 6. The van der Waals surface area contributed by atoms with Gasteiger partial charge in [-0.05, 0) is 82.1 Å². The Morgan fingerprint density at radius 3 is 1.76 bits per heavy atom. The van der Waals surface area contributed by atoms with Gasteiger partial charge in [-0.1, -0.05) is 46.7 Å². The summed E-state index contributed by atoms with van der Waals surface area (Å²) in [6, 6.07) is 2.08. The Morgan fingerprint density at radius 2 is 1.24 bits per heavy atom. The van der Waals surface area contributed by atoms with E-state index in [9.17, 15) is 53.2 Å². The van der Waals surface area contributed by atoms with Gasteiger partial charge in [0.05, 0.1) is 50.4 Å². The molecule has 0 aromatic rings. The highest BCUT2D eigenvalue weighted by molar-refractivity contribution is 5.90. The van der Waals surface area contributed by atoms with E-state index in [1.165, 1.54) is 6.92 Å². The molecular weight excluding hydrogens is 1070 g/mol. The second-order valence-electron chi connectivity index (χ2n) is 23.3. The van der Waals surface area contributed by atoms with Gasteiger partial charge in [0.2, 0.25) is 0 Å². The zero-order valence-electron chi connectivity index (χ0n) is 48.8. The van der Waals surface area contributed by atoms with Crippen LogP contribution in [0.15, 0.2) is 60.8 Å². The van der Waals surface area contributed by atoms with Gasteiger partial charge in [-0.15, -0.1) is 0 Å². The Bertz CT molecular complexity index is 2690. The molecule has 23 nitrogen and oxygen atoms in total. The van der Waals surface area contributed by atoms with Gasteiger partial charge in [-0.25, -0.2) is 28.8 Å². The molecule has 17 unspecified atom stereocenters. The quantitative estimate of drug-likeness (QED) is 0.127. The number of ether oxygens (including phenoxy) is 12. The molecule has 9 rings (SSSR count). The molecule has 2 saturated carbocycles. The van der Waals surface area contributed by atoms with E-state index < -0.39 is 82.8 Å². The molecule has 7 heterocycles. The van der Waals surface area contributed by atoms with Gasteiger partial charge in [0.25, 0.3) is 0 Å². The van der Waals surface area contributed by atoms with Crippen LogP contribution in [0.25, 0.3) is 0 Å². The molecule has 23 heteroatoms. The molecule has 7 saturated heterocycles. The third-order valence-electron chi connectivity index (χ3n) is 16.7. The van der Waals surface area contributed by atoms with Crippen molar-refractivity contribution in [2.75, 3.05) is 33.0 Å². The lowest BCUT2D eigenvalue weighted by Crippen LogP contribution is -2.43. The van der Waals surface area contributed by atoms with Gasteiger partial charge in [-0.2, -0.15) is 5.26 Å². The van der Waals surface area contributed by atoms with E-state index >= 15 is 0 Å². The molecule has 2 aliphatic carbocycles. The summed E-state index contributed by atoms with van der Waals surface area (Å²) in [5.74, 6) is -4.49. The van der Waals surface area contributed by atoms with Crippen LogP contribution in [0.5, 0.6) is 0 Å². The number of carbonyl (C=O) groups is 10. The van der Waals surface area contributed by atoms with Crippen LogP contribution in [0.4, 0.5) is 0 Å². The number of nitrogens with zero attached hydrogens (tertiary/aromatic N) is 1. The van der Waals surface area contributed by atoms with Crippen LogP contribution < -0.4 is 0 Å². The molecule has 0 amide bonds. The van der Waals surface area contributed by atoms with Crippen molar-refractivity contribution in [2.24, 2.45) is 46.3 Å². The highest BCUT2D eigenvalue weighted by Crippen LogP contribution is 2.62. The van der Waals surface area contributed by atoms with Crippen molar-refractivity contribution in [3.8, 4) is 6.07 Å². The number of cyclic esters (lactones) is 3. The third kappa shape index (κ3) is 14.0. The van der Waals surface area contributed by atoms with E-state index in [0.717, 1.165) is 0 Å². The molecule has 450 valence electrons. The van der Waals surface area contributed by atoms with E-state index in [-0.39, 0.29) is 102 Å². The summed E-state index contributed by atoms with van der Waals surface area (Å²) >= 11 is 0. The van der Waals surface area contributed by atoms with Gasteiger partial charge in [0.15, 0.2) is 17.6 Å². The molecule has 0 spiro atoms. The predicted octanol–water partition coefficient (Wildman–Crippen LogP) is 5.35. The first-order chi connectivity index (χ1) is 38.1. The van der Waals surface area contributed by atoms with Crippen molar-refractivity contribution in [3.05, 3.63) is 60.8 Å². The molecular formula is C59H77NO22. The summed E-state index contributed by atoms with van der Waals surface area (Å²) in [5, 5.41) is 9.28. The zero-order chi connectivity index (χ0) is 61.7. The average molecular weight is 1150 g/mol. The Hall–Kier alpha value is -7.19. The second-order valence-corrected chi connectivity index (χ2v) is 23.3. The first-order valence-electron chi connectivity index (χ1n) is 27.0. The molecule has 0 radical (unpaired) electrons. The third-order valence-corrected chi connectivity index (χ3v) is 16.7. The Kier molecular flexibility index (Phi) is 20.8. The smallest absolute Gasteiger partial charge is 0.344 e. The molecule has 17 atom stereocenters. The van der Waals surface area contributed by atoms with Crippen LogP contribution in [-0.4, -0.2) is 147 Å². The normalized spacial score (nSPS) is 35.8. The van der Waals surface area contributed by atoms with Crippen LogP contribution in [-0.2, 0) is 105 Å². The highest BCUT2D eigenvalue weighted by atomic mass is 16.6. The second kappa shape index (κ2) is 25.9. The largest absolute Gasteiger partial charge is 0.465 e. The van der Waals surface area contributed by atoms with E-state index in [1.807, 2.05) is 27.7 Å². The van der Waals surface area contributed by atoms with Crippen molar-refractivity contribution in [2.45, 2.75) is 163 Å². The maximum Gasteiger partial charge on any atom is 0.344 e. The lowest BCUT2D eigenvalue weighted by atomic mass is 9.75. The molecule has 0 aromatic carbocycles. The van der Waals surface area contributed by atoms with E-state index in [1.54, 1.807) is 48.5 Å². The fourth-order valence-corrected chi connectivity index (χ4v) is 10.7. The summed E-state index contributed by atoms with van der Waals surface area (Å²) in [6.07, 6.45) is -0.518. The predicted molar refractivity (Wildman–Crippen MR) is 283 cm³/mol. The number of carbonyl (C=O) groups excluding carboxylic acids is 10. The van der Waals surface area contributed by atoms with Crippen LogP contribution in [0, 0.1) is 57.7 Å². The lowest BCUT2D eigenvalue weighted by molar-refractivity contribution is -0.168. The number of hydrogen-bond acceptors (Lipinski definition) is 23. The average Bonchev–Trinajstić information content (AvgIpc) is 2.82. The molecule has 9 fully saturated rings. The van der Waals surface area contributed by atoms with Gasteiger partial charge in [0, 0.05) is 63.9 Å². The molecule has 82 heavy (non-hydrogen) atoms. The zero-order valence-corrected chi connectivity index (χ0v) is 48.8. The standard InChI is InChI=1S/C15H15NO6.C12H14O5.C11H16O4.C11H18O3.C10H14O4/c1-7(2)13(18)20-5-10(17)21-11-8-3-9-12(11)22-14(19)15(9,4-8)6-16;1-5(2)11(13)17-8-3-7-9-6(10(8)16-7)4-15-12(9)14;1-7(2)9(12)15-6-11(4)8(3)5-14-10(11)13;1-7(2)10(12)14-11(5)8(3)6-13-9(11)4;1-6(2)9(12)14-10(4)5-8(11)13-7(10)3/h8-9,11-12H,1,3-5H2,2H3;6-10H,1,3-4H2,2H3;8H,1,5-6H2,2-4H3;8-9H,1,6H2,2-5H3;7H,1,5H2,2-4H3. The molecule has 4 bridgehead atoms. The van der Waals surface area contributed by atoms with Crippen LogP contribution in [0.2, 0.25) is 0 Å². The maximum absolute atomic E-state index is 11.9. The first kappa shape index (κ1) is 65.6.